The lowest BCUT2D eigenvalue weighted by molar-refractivity contribution is 0.116. The van der Waals surface area contributed by atoms with Crippen molar-refractivity contribution < 1.29 is 5.11 Å². The molecule has 0 aromatic carbocycles. The molecule has 4 heteroatoms. The van der Waals surface area contributed by atoms with Gasteiger partial charge < -0.3 is 16.2 Å². The van der Waals surface area contributed by atoms with Crippen LogP contribution < -0.4 is 11.1 Å². The number of aliphatic hydroxyl groups is 1. The zero-order chi connectivity index (χ0) is 10.6. The van der Waals surface area contributed by atoms with Crippen molar-refractivity contribution in [3.05, 3.63) is 0 Å². The van der Waals surface area contributed by atoms with Crippen molar-refractivity contribution in [1.29, 1.82) is 0 Å². The van der Waals surface area contributed by atoms with Gasteiger partial charge in [-0.3, -0.25) is 4.99 Å². The number of guanidine groups is 1. The molecule has 1 rings (SSSR count). The molecule has 0 bridgehead atoms. The Balaban J connectivity index is 2.65. The molecule has 4 nitrogen and oxygen atoms in total. The molecule has 0 aliphatic heterocycles. The minimum absolute atomic E-state index is 0.133. The van der Waals surface area contributed by atoms with E-state index in [0.29, 0.717) is 11.9 Å². The Bertz CT molecular complexity index is 217. The van der Waals surface area contributed by atoms with Crippen molar-refractivity contribution in [1.82, 2.24) is 5.32 Å². The maximum Gasteiger partial charge on any atom is 0.188 e. The molecule has 2 atom stereocenters. The Morgan fingerprint density at radius 3 is 2.93 bits per heavy atom. The highest BCUT2D eigenvalue weighted by Crippen LogP contribution is 2.31. The molecule has 0 aromatic heterocycles. The number of nitrogens with one attached hydrogen (secondary N) is 1. The van der Waals surface area contributed by atoms with Gasteiger partial charge in [-0.15, -0.1) is 0 Å². The number of hydrogen-bond acceptors (Lipinski definition) is 2. The van der Waals surface area contributed by atoms with E-state index in [4.69, 9.17) is 5.73 Å². The predicted octanol–water partition coefficient (Wildman–Crippen LogP) is 0.462. The predicted molar refractivity (Wildman–Crippen MR) is 58.1 cm³/mol. The number of nitrogens with zero attached hydrogens (tertiary/aromatic N) is 1. The second-order valence-electron chi connectivity index (χ2n) is 4.37. The molecule has 0 aromatic rings. The SMILES string of the molecule is CN=C(N)NC1(CO)CCCC(C)C1. The van der Waals surface area contributed by atoms with Crippen LogP contribution in [0.25, 0.3) is 0 Å². The van der Waals surface area contributed by atoms with Crippen molar-refractivity contribution in [2.24, 2.45) is 16.6 Å². The summed E-state index contributed by atoms with van der Waals surface area (Å²) in [6, 6.07) is 0. The fourth-order valence-corrected chi connectivity index (χ4v) is 2.28. The highest BCUT2D eigenvalue weighted by atomic mass is 16.3. The van der Waals surface area contributed by atoms with Gasteiger partial charge >= 0.3 is 0 Å². The molecule has 0 spiro atoms. The van der Waals surface area contributed by atoms with Crippen LogP contribution in [0.1, 0.15) is 32.6 Å². The van der Waals surface area contributed by atoms with E-state index in [0.717, 1.165) is 19.3 Å². The maximum atomic E-state index is 9.43. The van der Waals surface area contributed by atoms with Crippen molar-refractivity contribution in [2.75, 3.05) is 13.7 Å². The Morgan fingerprint density at radius 2 is 2.43 bits per heavy atom. The first-order valence-electron chi connectivity index (χ1n) is 5.23. The van der Waals surface area contributed by atoms with Crippen molar-refractivity contribution >= 4 is 5.96 Å². The molecule has 1 fully saturated rings. The molecule has 1 saturated carbocycles. The summed E-state index contributed by atoms with van der Waals surface area (Å²) in [5.41, 5.74) is 5.40. The molecule has 1 aliphatic carbocycles. The molecule has 2 unspecified atom stereocenters. The summed E-state index contributed by atoms with van der Waals surface area (Å²) in [6.07, 6.45) is 4.34. The second-order valence-corrected chi connectivity index (χ2v) is 4.37. The second kappa shape index (κ2) is 4.64. The molecule has 0 radical (unpaired) electrons. The average molecular weight is 199 g/mol. The minimum atomic E-state index is -0.235. The molecular weight excluding hydrogens is 178 g/mol. The van der Waals surface area contributed by atoms with Crippen LogP contribution in [0.15, 0.2) is 4.99 Å². The van der Waals surface area contributed by atoms with Crippen LogP contribution in [-0.4, -0.2) is 30.3 Å². The highest BCUT2D eigenvalue weighted by molar-refractivity contribution is 5.78. The van der Waals surface area contributed by atoms with Gasteiger partial charge in [0.25, 0.3) is 0 Å². The lowest BCUT2D eigenvalue weighted by atomic mass is 9.77. The smallest absolute Gasteiger partial charge is 0.188 e. The lowest BCUT2D eigenvalue weighted by Gasteiger charge is -2.39. The average Bonchev–Trinajstić information content (AvgIpc) is 2.17. The highest BCUT2D eigenvalue weighted by Gasteiger charge is 2.34. The van der Waals surface area contributed by atoms with E-state index in [1.807, 2.05) is 0 Å². The van der Waals surface area contributed by atoms with Crippen LogP contribution in [0, 0.1) is 5.92 Å². The van der Waals surface area contributed by atoms with E-state index in [1.165, 1.54) is 6.42 Å². The maximum absolute atomic E-state index is 9.43. The summed E-state index contributed by atoms with van der Waals surface area (Å²) in [5.74, 6) is 1.07. The Hall–Kier alpha value is -0.770. The van der Waals surface area contributed by atoms with Gasteiger partial charge in [0.15, 0.2) is 5.96 Å². The monoisotopic (exact) mass is 199 g/mol. The first-order chi connectivity index (χ1) is 6.62. The van der Waals surface area contributed by atoms with Crippen molar-refractivity contribution in [2.45, 2.75) is 38.1 Å². The number of hydrogen-bond donors (Lipinski definition) is 3. The molecule has 1 aliphatic rings. The van der Waals surface area contributed by atoms with Crippen LogP contribution in [0.2, 0.25) is 0 Å². The summed E-state index contributed by atoms with van der Waals surface area (Å²) in [6.45, 7) is 2.35. The van der Waals surface area contributed by atoms with Crippen LogP contribution >= 0.6 is 0 Å². The number of aliphatic hydroxyl groups excluding tert-OH is 1. The van der Waals surface area contributed by atoms with E-state index < -0.39 is 0 Å². The normalized spacial score (nSPS) is 34.2. The summed E-state index contributed by atoms with van der Waals surface area (Å²) in [4.78, 5) is 3.87. The number of nitrogens with two attached hydrogens (primary N) is 1. The number of rotatable bonds is 2. The summed E-state index contributed by atoms with van der Waals surface area (Å²) in [7, 11) is 1.65. The minimum Gasteiger partial charge on any atom is -0.394 e. The lowest BCUT2D eigenvalue weighted by Crippen LogP contribution is -2.56. The third kappa shape index (κ3) is 2.61. The third-order valence-corrected chi connectivity index (χ3v) is 3.03. The van der Waals surface area contributed by atoms with Crippen LogP contribution in [0.4, 0.5) is 0 Å². The molecule has 0 saturated heterocycles. The van der Waals surface area contributed by atoms with E-state index >= 15 is 0 Å². The zero-order valence-electron chi connectivity index (χ0n) is 9.08. The van der Waals surface area contributed by atoms with Crippen LogP contribution in [0.5, 0.6) is 0 Å². The van der Waals surface area contributed by atoms with Crippen LogP contribution in [0.3, 0.4) is 0 Å². The van der Waals surface area contributed by atoms with Gasteiger partial charge in [0.05, 0.1) is 12.1 Å². The summed E-state index contributed by atoms with van der Waals surface area (Å²) in [5, 5.41) is 12.6. The molecule has 0 heterocycles. The van der Waals surface area contributed by atoms with Crippen molar-refractivity contribution in [3.8, 4) is 0 Å². The topological polar surface area (TPSA) is 70.6 Å². The third-order valence-electron chi connectivity index (χ3n) is 3.03. The Morgan fingerprint density at radius 1 is 1.71 bits per heavy atom. The van der Waals surface area contributed by atoms with Gasteiger partial charge in [-0.05, 0) is 18.8 Å². The van der Waals surface area contributed by atoms with Gasteiger partial charge in [-0.2, -0.15) is 0 Å². The van der Waals surface area contributed by atoms with Crippen molar-refractivity contribution in [3.63, 3.8) is 0 Å². The van der Waals surface area contributed by atoms with E-state index in [1.54, 1.807) is 7.05 Å². The molecule has 0 amide bonds. The van der Waals surface area contributed by atoms with E-state index in [9.17, 15) is 5.11 Å². The molecular formula is C10H21N3O. The Labute approximate surface area is 85.6 Å². The molecule has 4 N–H and O–H groups in total. The van der Waals surface area contributed by atoms with Gasteiger partial charge in [0, 0.05) is 7.05 Å². The van der Waals surface area contributed by atoms with E-state index in [2.05, 4.69) is 17.2 Å². The standard InChI is InChI=1S/C10H21N3O/c1-8-4-3-5-10(6-8,7-14)13-9(11)12-2/h8,14H,3-7H2,1-2H3,(H3,11,12,13). The fourth-order valence-electron chi connectivity index (χ4n) is 2.28. The largest absolute Gasteiger partial charge is 0.394 e. The van der Waals surface area contributed by atoms with Crippen LogP contribution in [-0.2, 0) is 0 Å². The van der Waals surface area contributed by atoms with Gasteiger partial charge in [-0.1, -0.05) is 19.8 Å². The summed E-state index contributed by atoms with van der Waals surface area (Å²) < 4.78 is 0. The van der Waals surface area contributed by atoms with E-state index in [-0.39, 0.29) is 12.1 Å². The summed E-state index contributed by atoms with van der Waals surface area (Å²) >= 11 is 0. The quantitative estimate of drug-likeness (QED) is 0.447. The first kappa shape index (κ1) is 11.3. The first-order valence-corrected chi connectivity index (χ1v) is 5.23. The van der Waals surface area contributed by atoms with Gasteiger partial charge in [0.2, 0.25) is 0 Å². The zero-order valence-corrected chi connectivity index (χ0v) is 9.08. The molecule has 14 heavy (non-hydrogen) atoms. The van der Waals surface area contributed by atoms with Gasteiger partial charge in [-0.25, -0.2) is 0 Å². The fraction of sp³-hybridized carbons (Fsp3) is 0.900. The molecule has 82 valence electrons. The van der Waals surface area contributed by atoms with Gasteiger partial charge in [0.1, 0.15) is 0 Å². The number of aliphatic imine (C=N–C) groups is 1. The Kier molecular flexibility index (Phi) is 3.75.